The van der Waals surface area contributed by atoms with Gasteiger partial charge in [0.1, 0.15) is 0 Å². The first kappa shape index (κ1) is 12.3. The third kappa shape index (κ3) is 2.26. The highest BCUT2D eigenvalue weighted by molar-refractivity contribution is 7.96. The summed E-state index contributed by atoms with van der Waals surface area (Å²) in [6.45, 7) is 0.720. The van der Waals surface area contributed by atoms with Gasteiger partial charge in [0.2, 0.25) is 0 Å². The van der Waals surface area contributed by atoms with Crippen molar-refractivity contribution in [2.24, 2.45) is 0 Å². The lowest BCUT2D eigenvalue weighted by molar-refractivity contribution is 0.491. The van der Waals surface area contributed by atoms with E-state index < -0.39 is 30.2 Å². The van der Waals surface area contributed by atoms with Crippen LogP contribution < -0.4 is 5.32 Å². The first-order chi connectivity index (χ1) is 7.43. The molecule has 2 saturated heterocycles. The molecule has 0 radical (unpaired) electrons. The van der Waals surface area contributed by atoms with Crippen molar-refractivity contribution in [1.29, 1.82) is 0 Å². The van der Waals surface area contributed by atoms with Crippen LogP contribution in [-0.2, 0) is 19.7 Å². The van der Waals surface area contributed by atoms with Crippen LogP contribution in [-0.4, -0.2) is 51.9 Å². The number of hydrogen-bond acceptors (Lipinski definition) is 5. The van der Waals surface area contributed by atoms with E-state index >= 15 is 0 Å². The van der Waals surface area contributed by atoms with E-state index in [2.05, 4.69) is 5.32 Å². The summed E-state index contributed by atoms with van der Waals surface area (Å²) in [5.41, 5.74) is 0. The minimum atomic E-state index is -3.24. The molecular weight excluding hydrogens is 250 g/mol. The first-order valence-corrected chi connectivity index (χ1v) is 9.00. The Morgan fingerprint density at radius 3 is 2.19 bits per heavy atom. The summed E-state index contributed by atoms with van der Waals surface area (Å²) < 4.78 is 47.5. The molecule has 0 aromatic heterocycles. The standard InChI is InChI=1S/C9H17NO4S2/c11-15(12)5-2-1-3-8(15)9-7-10-4-6-16(9,13)14/h8-10H,1-7H2. The van der Waals surface area contributed by atoms with Gasteiger partial charge in [-0.3, -0.25) is 0 Å². The van der Waals surface area contributed by atoms with Crippen LogP contribution in [0.4, 0.5) is 0 Å². The minimum absolute atomic E-state index is 0.0592. The van der Waals surface area contributed by atoms with Gasteiger partial charge in [0, 0.05) is 13.1 Å². The molecule has 1 N–H and O–H groups in total. The van der Waals surface area contributed by atoms with Gasteiger partial charge in [-0.05, 0) is 12.8 Å². The van der Waals surface area contributed by atoms with E-state index in [1.165, 1.54) is 0 Å². The number of nitrogens with one attached hydrogen (secondary N) is 1. The van der Waals surface area contributed by atoms with Crippen LogP contribution in [0.1, 0.15) is 19.3 Å². The van der Waals surface area contributed by atoms with Gasteiger partial charge in [0.05, 0.1) is 22.0 Å². The molecule has 0 aromatic rings. The molecular formula is C9H17NO4S2. The molecule has 0 spiro atoms. The Hall–Kier alpha value is -0.140. The Bertz CT molecular complexity index is 410. The summed E-state index contributed by atoms with van der Waals surface area (Å²) in [4.78, 5) is 0. The van der Waals surface area contributed by atoms with Gasteiger partial charge in [0.15, 0.2) is 19.7 Å². The molecule has 2 aliphatic heterocycles. The van der Waals surface area contributed by atoms with Crippen LogP contribution in [0.15, 0.2) is 0 Å². The zero-order valence-corrected chi connectivity index (χ0v) is 10.7. The van der Waals surface area contributed by atoms with Crippen molar-refractivity contribution in [3.05, 3.63) is 0 Å². The van der Waals surface area contributed by atoms with Crippen molar-refractivity contribution in [1.82, 2.24) is 5.32 Å². The third-order valence-corrected chi connectivity index (χ3v) is 8.12. The second-order valence-electron chi connectivity index (χ2n) is 4.51. The second kappa shape index (κ2) is 4.27. The monoisotopic (exact) mass is 267 g/mol. The lowest BCUT2D eigenvalue weighted by Crippen LogP contribution is -2.53. The molecule has 16 heavy (non-hydrogen) atoms. The summed E-state index contributed by atoms with van der Waals surface area (Å²) in [5.74, 6) is 0.202. The van der Waals surface area contributed by atoms with Gasteiger partial charge >= 0.3 is 0 Å². The van der Waals surface area contributed by atoms with Crippen molar-refractivity contribution in [2.75, 3.05) is 24.6 Å². The molecule has 2 rings (SSSR count). The number of hydrogen-bond donors (Lipinski definition) is 1. The van der Waals surface area contributed by atoms with Gasteiger partial charge in [-0.15, -0.1) is 0 Å². The summed E-state index contributed by atoms with van der Waals surface area (Å²) in [5, 5.41) is 1.57. The minimum Gasteiger partial charge on any atom is -0.314 e. The highest BCUT2D eigenvalue weighted by Crippen LogP contribution is 2.27. The van der Waals surface area contributed by atoms with E-state index in [1.54, 1.807) is 0 Å². The topological polar surface area (TPSA) is 80.3 Å². The smallest absolute Gasteiger partial charge is 0.156 e. The highest BCUT2D eigenvalue weighted by Gasteiger charge is 2.43. The quantitative estimate of drug-likeness (QED) is 0.682. The molecule has 94 valence electrons. The van der Waals surface area contributed by atoms with Gasteiger partial charge in [-0.1, -0.05) is 6.42 Å². The molecule has 2 fully saturated rings. The van der Waals surface area contributed by atoms with Gasteiger partial charge in [0.25, 0.3) is 0 Å². The fourth-order valence-corrected chi connectivity index (χ4v) is 7.21. The Morgan fingerprint density at radius 2 is 1.56 bits per heavy atom. The zero-order chi connectivity index (χ0) is 11.8. The maximum absolute atomic E-state index is 11.9. The van der Waals surface area contributed by atoms with Crippen LogP contribution in [0, 0.1) is 0 Å². The molecule has 0 amide bonds. The molecule has 7 heteroatoms. The van der Waals surface area contributed by atoms with E-state index in [0.29, 0.717) is 19.4 Å². The van der Waals surface area contributed by atoms with Crippen LogP contribution >= 0.6 is 0 Å². The SMILES string of the molecule is O=S1(=O)CCCCC1C1CNCCS1(=O)=O. The van der Waals surface area contributed by atoms with E-state index in [9.17, 15) is 16.8 Å². The van der Waals surface area contributed by atoms with Crippen molar-refractivity contribution in [2.45, 2.75) is 29.8 Å². The lowest BCUT2D eigenvalue weighted by atomic mass is 10.1. The Kier molecular flexibility index (Phi) is 3.29. The third-order valence-electron chi connectivity index (χ3n) is 3.41. The molecule has 0 aromatic carbocycles. The van der Waals surface area contributed by atoms with Gasteiger partial charge < -0.3 is 5.32 Å². The fourth-order valence-electron chi connectivity index (χ4n) is 2.50. The predicted molar refractivity (Wildman–Crippen MR) is 61.9 cm³/mol. The summed E-state index contributed by atoms with van der Waals surface area (Å²) in [6.07, 6.45) is 1.98. The molecule has 2 aliphatic rings. The van der Waals surface area contributed by atoms with Crippen LogP contribution in [0.2, 0.25) is 0 Å². The average molecular weight is 267 g/mol. The first-order valence-electron chi connectivity index (χ1n) is 5.57. The Labute approximate surface area is 96.4 Å². The summed E-state index contributed by atoms with van der Waals surface area (Å²) in [7, 11) is -6.45. The Balaban J connectivity index is 2.29. The largest absolute Gasteiger partial charge is 0.314 e. The molecule has 0 saturated carbocycles. The van der Waals surface area contributed by atoms with Crippen molar-refractivity contribution in [3.63, 3.8) is 0 Å². The molecule has 2 unspecified atom stereocenters. The average Bonchev–Trinajstić information content (AvgIpc) is 2.18. The summed E-state index contributed by atoms with van der Waals surface area (Å²) >= 11 is 0. The van der Waals surface area contributed by atoms with Crippen molar-refractivity contribution in [3.8, 4) is 0 Å². The van der Waals surface area contributed by atoms with E-state index in [1.807, 2.05) is 0 Å². The normalized spacial score (nSPS) is 38.0. The van der Waals surface area contributed by atoms with Crippen molar-refractivity contribution < 1.29 is 16.8 Å². The van der Waals surface area contributed by atoms with E-state index in [0.717, 1.165) is 6.42 Å². The number of rotatable bonds is 1. The van der Waals surface area contributed by atoms with E-state index in [-0.39, 0.29) is 18.1 Å². The molecule has 2 atom stereocenters. The molecule has 2 heterocycles. The summed E-state index contributed by atoms with van der Waals surface area (Å²) in [6, 6.07) is 0. The molecule has 0 bridgehead atoms. The van der Waals surface area contributed by atoms with E-state index in [4.69, 9.17) is 0 Å². The van der Waals surface area contributed by atoms with Crippen molar-refractivity contribution >= 4 is 19.7 Å². The zero-order valence-electron chi connectivity index (χ0n) is 9.05. The van der Waals surface area contributed by atoms with Crippen LogP contribution in [0.3, 0.4) is 0 Å². The fraction of sp³-hybridized carbons (Fsp3) is 1.00. The maximum atomic E-state index is 11.9. The van der Waals surface area contributed by atoms with Gasteiger partial charge in [-0.2, -0.15) is 0 Å². The Morgan fingerprint density at radius 1 is 0.875 bits per heavy atom. The lowest BCUT2D eigenvalue weighted by Gasteiger charge is -2.32. The van der Waals surface area contributed by atoms with Crippen LogP contribution in [0.25, 0.3) is 0 Å². The second-order valence-corrected chi connectivity index (χ2v) is 9.19. The maximum Gasteiger partial charge on any atom is 0.156 e. The van der Waals surface area contributed by atoms with Gasteiger partial charge in [-0.25, -0.2) is 16.8 Å². The number of sulfone groups is 2. The molecule has 0 aliphatic carbocycles. The highest BCUT2D eigenvalue weighted by atomic mass is 32.2. The van der Waals surface area contributed by atoms with Crippen LogP contribution in [0.5, 0.6) is 0 Å². The molecule has 5 nitrogen and oxygen atoms in total. The predicted octanol–water partition coefficient (Wildman–Crippen LogP) is -0.660.